The van der Waals surface area contributed by atoms with Crippen LogP contribution in [0, 0.1) is 5.82 Å². The van der Waals surface area contributed by atoms with E-state index in [9.17, 15) is 4.39 Å². The van der Waals surface area contributed by atoms with E-state index in [4.69, 9.17) is 5.73 Å². The van der Waals surface area contributed by atoms with Crippen LogP contribution < -0.4 is 5.73 Å². The molecule has 0 saturated carbocycles. The molecule has 2 aromatic rings. The van der Waals surface area contributed by atoms with E-state index in [0.717, 1.165) is 11.1 Å². The lowest BCUT2D eigenvalue weighted by atomic mass is 9.87. The Morgan fingerprint density at radius 1 is 1.16 bits per heavy atom. The monoisotopic (exact) mass is 277 g/mol. The SMILES string of the molecule is CC(C)(C)c1ccc(Sc2nc(N)ncc2F)cc1. The number of nitrogen functional groups attached to an aromatic ring is 1. The summed E-state index contributed by atoms with van der Waals surface area (Å²) in [6.45, 7) is 6.46. The molecule has 0 bridgehead atoms. The molecule has 0 atom stereocenters. The van der Waals surface area contributed by atoms with Crippen molar-refractivity contribution in [3.63, 3.8) is 0 Å². The summed E-state index contributed by atoms with van der Waals surface area (Å²) in [5, 5.41) is 0.246. The highest BCUT2D eigenvalue weighted by atomic mass is 32.2. The van der Waals surface area contributed by atoms with E-state index in [-0.39, 0.29) is 16.4 Å². The Labute approximate surface area is 116 Å². The van der Waals surface area contributed by atoms with Gasteiger partial charge in [-0.15, -0.1) is 0 Å². The molecule has 3 nitrogen and oxygen atoms in total. The van der Waals surface area contributed by atoms with Gasteiger partial charge in [-0.1, -0.05) is 44.7 Å². The van der Waals surface area contributed by atoms with E-state index in [1.807, 2.05) is 24.3 Å². The number of hydrogen-bond acceptors (Lipinski definition) is 4. The number of benzene rings is 1. The number of nitrogens with two attached hydrogens (primary N) is 1. The first kappa shape index (κ1) is 13.8. The lowest BCUT2D eigenvalue weighted by Gasteiger charge is -2.19. The largest absolute Gasteiger partial charge is 0.368 e. The van der Waals surface area contributed by atoms with Gasteiger partial charge < -0.3 is 5.73 Å². The maximum atomic E-state index is 13.5. The molecule has 2 N–H and O–H groups in total. The molecule has 0 amide bonds. The Kier molecular flexibility index (Phi) is 3.75. The molecule has 0 fully saturated rings. The van der Waals surface area contributed by atoms with Gasteiger partial charge in [0.15, 0.2) is 5.82 Å². The molecule has 0 saturated heterocycles. The van der Waals surface area contributed by atoms with Crippen molar-refractivity contribution in [2.45, 2.75) is 36.1 Å². The van der Waals surface area contributed by atoms with Crippen molar-refractivity contribution < 1.29 is 4.39 Å². The minimum absolute atomic E-state index is 0.0789. The van der Waals surface area contributed by atoms with E-state index in [1.54, 1.807) is 0 Å². The third-order valence-corrected chi connectivity index (χ3v) is 3.65. The molecule has 0 unspecified atom stereocenters. The number of nitrogens with zero attached hydrogens (tertiary/aromatic N) is 2. The van der Waals surface area contributed by atoms with Crippen LogP contribution in [-0.4, -0.2) is 9.97 Å². The highest BCUT2D eigenvalue weighted by Crippen LogP contribution is 2.30. The number of anilines is 1. The molecule has 5 heteroatoms. The molecule has 19 heavy (non-hydrogen) atoms. The molecule has 1 aromatic carbocycles. The predicted molar refractivity (Wildman–Crippen MR) is 75.7 cm³/mol. The average molecular weight is 277 g/mol. The van der Waals surface area contributed by atoms with Crippen LogP contribution in [0.2, 0.25) is 0 Å². The summed E-state index contributed by atoms with van der Waals surface area (Å²) >= 11 is 1.24. The first-order valence-electron chi connectivity index (χ1n) is 5.92. The van der Waals surface area contributed by atoms with Gasteiger partial charge in [0.1, 0.15) is 5.03 Å². The summed E-state index contributed by atoms with van der Waals surface area (Å²) in [5.41, 5.74) is 6.80. The summed E-state index contributed by atoms with van der Waals surface area (Å²) in [7, 11) is 0. The molecular formula is C14H16FN3S. The number of hydrogen-bond donors (Lipinski definition) is 1. The third kappa shape index (κ3) is 3.44. The highest BCUT2D eigenvalue weighted by molar-refractivity contribution is 7.99. The normalized spacial score (nSPS) is 11.6. The topological polar surface area (TPSA) is 51.8 Å². The summed E-state index contributed by atoms with van der Waals surface area (Å²) < 4.78 is 13.5. The van der Waals surface area contributed by atoms with Gasteiger partial charge in [0.2, 0.25) is 5.95 Å². The Hall–Kier alpha value is -1.62. The maximum absolute atomic E-state index is 13.5. The van der Waals surface area contributed by atoms with Gasteiger partial charge in [-0.2, -0.15) is 0 Å². The minimum Gasteiger partial charge on any atom is -0.368 e. The van der Waals surface area contributed by atoms with Gasteiger partial charge in [-0.25, -0.2) is 14.4 Å². The van der Waals surface area contributed by atoms with Crippen LogP contribution in [0.25, 0.3) is 0 Å². The molecule has 0 radical (unpaired) electrons. The average Bonchev–Trinajstić information content (AvgIpc) is 2.33. The molecule has 0 aliphatic heterocycles. The Morgan fingerprint density at radius 3 is 2.37 bits per heavy atom. The summed E-state index contributed by atoms with van der Waals surface area (Å²) in [5.74, 6) is -0.380. The van der Waals surface area contributed by atoms with Crippen LogP contribution in [0.3, 0.4) is 0 Å². The first-order valence-corrected chi connectivity index (χ1v) is 6.74. The van der Waals surface area contributed by atoms with Crippen molar-refractivity contribution >= 4 is 17.7 Å². The van der Waals surface area contributed by atoms with Crippen molar-refractivity contribution in [3.05, 3.63) is 41.8 Å². The molecule has 0 spiro atoms. The van der Waals surface area contributed by atoms with Gasteiger partial charge in [0.25, 0.3) is 0 Å². The van der Waals surface area contributed by atoms with Gasteiger partial charge in [-0.05, 0) is 23.1 Å². The fourth-order valence-corrected chi connectivity index (χ4v) is 2.36. The van der Waals surface area contributed by atoms with Gasteiger partial charge >= 0.3 is 0 Å². The molecule has 0 aliphatic carbocycles. The van der Waals surface area contributed by atoms with Crippen LogP contribution in [-0.2, 0) is 5.41 Å². The molecule has 1 aromatic heterocycles. The van der Waals surface area contributed by atoms with E-state index in [1.165, 1.54) is 17.3 Å². The number of halogens is 1. The second kappa shape index (κ2) is 5.17. The predicted octanol–water partition coefficient (Wildman–Crippen LogP) is 3.65. The Balaban J connectivity index is 2.22. The quantitative estimate of drug-likeness (QED) is 0.851. The van der Waals surface area contributed by atoms with Crippen LogP contribution in [0.4, 0.5) is 10.3 Å². The molecule has 100 valence electrons. The lowest BCUT2D eigenvalue weighted by molar-refractivity contribution is 0.580. The van der Waals surface area contributed by atoms with Gasteiger partial charge in [-0.3, -0.25) is 0 Å². The van der Waals surface area contributed by atoms with Crippen molar-refractivity contribution in [3.8, 4) is 0 Å². The van der Waals surface area contributed by atoms with Crippen molar-refractivity contribution in [2.24, 2.45) is 0 Å². The zero-order valence-electron chi connectivity index (χ0n) is 11.1. The molecule has 1 heterocycles. The summed E-state index contributed by atoms with van der Waals surface area (Å²) in [6, 6.07) is 8.02. The third-order valence-electron chi connectivity index (χ3n) is 2.67. The zero-order valence-corrected chi connectivity index (χ0v) is 12.0. The van der Waals surface area contributed by atoms with Crippen molar-refractivity contribution in [1.82, 2.24) is 9.97 Å². The standard InChI is InChI=1S/C14H16FN3S/c1-14(2,3)9-4-6-10(7-5-9)19-12-11(15)8-17-13(16)18-12/h4-8H,1-3H3,(H2,16,17,18). The van der Waals surface area contributed by atoms with Crippen LogP contribution in [0.1, 0.15) is 26.3 Å². The fraction of sp³-hybridized carbons (Fsp3) is 0.286. The van der Waals surface area contributed by atoms with E-state index in [0.29, 0.717) is 0 Å². The highest BCUT2D eigenvalue weighted by Gasteiger charge is 2.13. The lowest BCUT2D eigenvalue weighted by Crippen LogP contribution is -2.10. The van der Waals surface area contributed by atoms with E-state index < -0.39 is 5.82 Å². The van der Waals surface area contributed by atoms with Crippen molar-refractivity contribution in [2.75, 3.05) is 5.73 Å². The number of rotatable bonds is 2. The molecule has 0 aliphatic rings. The smallest absolute Gasteiger partial charge is 0.221 e. The Bertz CT molecular complexity index is 576. The second-order valence-electron chi connectivity index (χ2n) is 5.26. The van der Waals surface area contributed by atoms with Crippen molar-refractivity contribution in [1.29, 1.82) is 0 Å². The van der Waals surface area contributed by atoms with Crippen LogP contribution in [0.5, 0.6) is 0 Å². The van der Waals surface area contributed by atoms with Gasteiger partial charge in [0.05, 0.1) is 6.20 Å². The Morgan fingerprint density at radius 2 is 1.79 bits per heavy atom. The van der Waals surface area contributed by atoms with Crippen LogP contribution in [0.15, 0.2) is 40.4 Å². The summed E-state index contributed by atoms with van der Waals surface area (Å²) in [6.07, 6.45) is 1.09. The molecular weight excluding hydrogens is 261 g/mol. The van der Waals surface area contributed by atoms with E-state index in [2.05, 4.69) is 30.7 Å². The second-order valence-corrected chi connectivity index (χ2v) is 6.32. The first-order chi connectivity index (χ1) is 8.86. The molecule has 2 rings (SSSR count). The van der Waals surface area contributed by atoms with Gasteiger partial charge in [0, 0.05) is 4.90 Å². The fourth-order valence-electron chi connectivity index (χ4n) is 1.57. The summed E-state index contributed by atoms with van der Waals surface area (Å²) in [4.78, 5) is 8.42. The van der Waals surface area contributed by atoms with Crippen LogP contribution >= 0.6 is 11.8 Å². The number of aromatic nitrogens is 2. The minimum atomic E-state index is -0.459. The van der Waals surface area contributed by atoms with E-state index >= 15 is 0 Å². The maximum Gasteiger partial charge on any atom is 0.221 e. The zero-order chi connectivity index (χ0) is 14.0.